The highest BCUT2D eigenvalue weighted by Gasteiger charge is 2.19. The topological polar surface area (TPSA) is 32.3 Å². The highest BCUT2D eigenvalue weighted by atomic mass is 79.9. The van der Waals surface area contributed by atoms with E-state index in [1.165, 1.54) is 5.56 Å². The van der Waals surface area contributed by atoms with E-state index >= 15 is 0 Å². The standard InChI is InChI=1S/C15H23BrN2O/c1-5-18(6-2)15(19)12(4)17-11(3)13-7-9-14(16)10-8-13/h7-12,17H,5-6H2,1-4H3. The summed E-state index contributed by atoms with van der Waals surface area (Å²) in [7, 11) is 0. The van der Waals surface area contributed by atoms with Crippen LogP contribution in [0.2, 0.25) is 0 Å². The van der Waals surface area contributed by atoms with Crippen molar-refractivity contribution in [3.05, 3.63) is 34.3 Å². The van der Waals surface area contributed by atoms with Crippen molar-refractivity contribution in [1.29, 1.82) is 0 Å². The molecule has 0 saturated heterocycles. The molecule has 0 spiro atoms. The average molecular weight is 327 g/mol. The fourth-order valence-corrected chi connectivity index (χ4v) is 2.37. The van der Waals surface area contributed by atoms with Gasteiger partial charge in [-0.15, -0.1) is 0 Å². The molecule has 1 N–H and O–H groups in total. The van der Waals surface area contributed by atoms with E-state index in [-0.39, 0.29) is 18.0 Å². The van der Waals surface area contributed by atoms with Gasteiger partial charge < -0.3 is 4.90 Å². The van der Waals surface area contributed by atoms with E-state index < -0.39 is 0 Å². The van der Waals surface area contributed by atoms with Gasteiger partial charge >= 0.3 is 0 Å². The maximum absolute atomic E-state index is 12.2. The third-order valence-corrected chi connectivity index (χ3v) is 3.84. The number of carbonyl (C=O) groups excluding carboxylic acids is 1. The van der Waals surface area contributed by atoms with E-state index in [0.717, 1.165) is 17.6 Å². The maximum atomic E-state index is 12.2. The van der Waals surface area contributed by atoms with E-state index in [4.69, 9.17) is 0 Å². The molecule has 0 aliphatic heterocycles. The second kappa shape index (κ2) is 7.65. The summed E-state index contributed by atoms with van der Waals surface area (Å²) in [5, 5.41) is 3.36. The number of nitrogens with one attached hydrogen (secondary N) is 1. The van der Waals surface area contributed by atoms with Crippen molar-refractivity contribution in [3.8, 4) is 0 Å². The van der Waals surface area contributed by atoms with Crippen LogP contribution in [0.15, 0.2) is 28.7 Å². The second-order valence-electron chi connectivity index (χ2n) is 4.67. The van der Waals surface area contributed by atoms with Gasteiger partial charge in [0.25, 0.3) is 0 Å². The normalized spacial score (nSPS) is 13.9. The molecule has 1 aromatic rings. The van der Waals surface area contributed by atoms with Crippen molar-refractivity contribution in [2.24, 2.45) is 0 Å². The molecule has 0 saturated carbocycles. The lowest BCUT2D eigenvalue weighted by Crippen LogP contribution is -2.45. The number of hydrogen-bond acceptors (Lipinski definition) is 2. The predicted octanol–water partition coefficient (Wildman–Crippen LogP) is 3.36. The van der Waals surface area contributed by atoms with Crippen molar-refractivity contribution in [3.63, 3.8) is 0 Å². The lowest BCUT2D eigenvalue weighted by atomic mass is 10.1. The molecule has 0 aromatic heterocycles. The highest BCUT2D eigenvalue weighted by molar-refractivity contribution is 9.10. The van der Waals surface area contributed by atoms with Crippen LogP contribution >= 0.6 is 15.9 Å². The van der Waals surface area contributed by atoms with Gasteiger partial charge in [0.15, 0.2) is 0 Å². The molecule has 1 amide bonds. The summed E-state index contributed by atoms with van der Waals surface area (Å²) in [4.78, 5) is 14.0. The lowest BCUT2D eigenvalue weighted by molar-refractivity contribution is -0.132. The molecular weight excluding hydrogens is 304 g/mol. The monoisotopic (exact) mass is 326 g/mol. The molecule has 2 unspecified atom stereocenters. The Labute approximate surface area is 124 Å². The fraction of sp³-hybridized carbons (Fsp3) is 0.533. The SMILES string of the molecule is CCN(CC)C(=O)C(C)NC(C)c1ccc(Br)cc1. The third-order valence-electron chi connectivity index (χ3n) is 3.32. The minimum absolute atomic E-state index is 0.155. The Morgan fingerprint density at radius 2 is 1.74 bits per heavy atom. The van der Waals surface area contributed by atoms with Crippen LogP contribution < -0.4 is 5.32 Å². The molecule has 0 fully saturated rings. The number of rotatable bonds is 6. The third kappa shape index (κ3) is 4.62. The molecule has 1 rings (SSSR count). The summed E-state index contributed by atoms with van der Waals surface area (Å²) in [5.41, 5.74) is 1.18. The Morgan fingerprint density at radius 3 is 2.21 bits per heavy atom. The zero-order valence-electron chi connectivity index (χ0n) is 12.1. The van der Waals surface area contributed by atoms with Gasteiger partial charge in [-0.2, -0.15) is 0 Å². The molecule has 1 aromatic carbocycles. The van der Waals surface area contributed by atoms with Crippen LogP contribution in [-0.2, 0) is 4.79 Å². The lowest BCUT2D eigenvalue weighted by Gasteiger charge is -2.26. The van der Waals surface area contributed by atoms with Gasteiger partial charge in [-0.1, -0.05) is 28.1 Å². The summed E-state index contributed by atoms with van der Waals surface area (Å²) >= 11 is 3.43. The first-order chi connectivity index (χ1) is 8.99. The molecule has 2 atom stereocenters. The number of hydrogen-bond donors (Lipinski definition) is 1. The Bertz CT molecular complexity index is 401. The van der Waals surface area contributed by atoms with Crippen LogP contribution in [-0.4, -0.2) is 29.9 Å². The van der Waals surface area contributed by atoms with Gasteiger partial charge in [-0.25, -0.2) is 0 Å². The van der Waals surface area contributed by atoms with E-state index in [2.05, 4.69) is 40.3 Å². The largest absolute Gasteiger partial charge is 0.342 e. The predicted molar refractivity (Wildman–Crippen MR) is 83.1 cm³/mol. The minimum atomic E-state index is -0.168. The van der Waals surface area contributed by atoms with Gasteiger partial charge in [0.2, 0.25) is 5.91 Å². The molecule has 0 radical (unpaired) electrons. The van der Waals surface area contributed by atoms with Gasteiger partial charge in [0.1, 0.15) is 0 Å². The molecular formula is C15H23BrN2O. The zero-order valence-corrected chi connectivity index (χ0v) is 13.7. The number of likely N-dealkylation sites (N-methyl/N-ethyl adjacent to an activating group) is 1. The van der Waals surface area contributed by atoms with Gasteiger partial charge in [-0.05, 0) is 45.4 Å². The van der Waals surface area contributed by atoms with Crippen molar-refractivity contribution < 1.29 is 4.79 Å². The quantitative estimate of drug-likeness (QED) is 0.869. The molecule has 106 valence electrons. The molecule has 0 heterocycles. The molecule has 4 heteroatoms. The number of halogens is 1. The number of benzene rings is 1. The van der Waals surface area contributed by atoms with Crippen LogP contribution in [0.5, 0.6) is 0 Å². The highest BCUT2D eigenvalue weighted by Crippen LogP contribution is 2.17. The van der Waals surface area contributed by atoms with E-state index in [1.807, 2.05) is 37.8 Å². The first-order valence-electron chi connectivity index (χ1n) is 6.79. The number of carbonyl (C=O) groups is 1. The number of nitrogens with zero attached hydrogens (tertiary/aromatic N) is 1. The van der Waals surface area contributed by atoms with Crippen molar-refractivity contribution >= 4 is 21.8 Å². The number of amides is 1. The molecule has 0 aliphatic carbocycles. The smallest absolute Gasteiger partial charge is 0.239 e. The first kappa shape index (κ1) is 16.2. The summed E-state index contributed by atoms with van der Waals surface area (Å²) in [6.45, 7) is 9.53. The summed E-state index contributed by atoms with van der Waals surface area (Å²) in [5.74, 6) is 0.161. The van der Waals surface area contributed by atoms with Crippen LogP contribution in [0.4, 0.5) is 0 Å². The van der Waals surface area contributed by atoms with E-state index in [1.54, 1.807) is 0 Å². The second-order valence-corrected chi connectivity index (χ2v) is 5.59. The Hall–Kier alpha value is -0.870. The molecule has 0 bridgehead atoms. The Balaban J connectivity index is 2.63. The summed E-state index contributed by atoms with van der Waals surface area (Å²) in [6.07, 6.45) is 0. The molecule has 3 nitrogen and oxygen atoms in total. The minimum Gasteiger partial charge on any atom is -0.342 e. The fourth-order valence-electron chi connectivity index (χ4n) is 2.10. The van der Waals surface area contributed by atoms with Gasteiger partial charge in [0, 0.05) is 23.6 Å². The van der Waals surface area contributed by atoms with E-state index in [9.17, 15) is 4.79 Å². The van der Waals surface area contributed by atoms with Gasteiger partial charge in [0.05, 0.1) is 6.04 Å². The van der Waals surface area contributed by atoms with Crippen LogP contribution in [0.1, 0.15) is 39.3 Å². The summed E-state index contributed by atoms with van der Waals surface area (Å²) in [6, 6.07) is 8.16. The van der Waals surface area contributed by atoms with Crippen molar-refractivity contribution in [2.75, 3.05) is 13.1 Å². The van der Waals surface area contributed by atoms with Crippen LogP contribution in [0.25, 0.3) is 0 Å². The Morgan fingerprint density at radius 1 is 1.21 bits per heavy atom. The van der Waals surface area contributed by atoms with Crippen LogP contribution in [0, 0.1) is 0 Å². The van der Waals surface area contributed by atoms with Crippen LogP contribution in [0.3, 0.4) is 0 Å². The van der Waals surface area contributed by atoms with Crippen molar-refractivity contribution in [1.82, 2.24) is 10.2 Å². The molecule has 19 heavy (non-hydrogen) atoms. The first-order valence-corrected chi connectivity index (χ1v) is 7.59. The van der Waals surface area contributed by atoms with Crippen molar-refractivity contribution in [2.45, 2.75) is 39.8 Å². The summed E-state index contributed by atoms with van der Waals surface area (Å²) < 4.78 is 1.07. The molecule has 0 aliphatic rings. The Kier molecular flexibility index (Phi) is 6.52. The zero-order chi connectivity index (χ0) is 14.4. The van der Waals surface area contributed by atoms with Gasteiger partial charge in [-0.3, -0.25) is 10.1 Å². The average Bonchev–Trinajstić information content (AvgIpc) is 2.40. The maximum Gasteiger partial charge on any atom is 0.239 e. The van der Waals surface area contributed by atoms with E-state index in [0.29, 0.717) is 0 Å².